The van der Waals surface area contributed by atoms with Gasteiger partial charge in [0.25, 0.3) is 5.91 Å². The molecule has 0 saturated carbocycles. The number of benzene rings is 1. The third-order valence-corrected chi connectivity index (χ3v) is 7.50. The van der Waals surface area contributed by atoms with Crippen LogP contribution in [0.15, 0.2) is 28.5 Å². The van der Waals surface area contributed by atoms with E-state index < -0.39 is 15.9 Å². The van der Waals surface area contributed by atoms with Gasteiger partial charge in [0, 0.05) is 23.5 Å². The van der Waals surface area contributed by atoms with Crippen molar-refractivity contribution in [1.29, 1.82) is 0 Å². The van der Waals surface area contributed by atoms with E-state index >= 15 is 0 Å². The van der Waals surface area contributed by atoms with E-state index in [4.69, 9.17) is 4.74 Å². The standard InChI is InChI=1S/C18H23N3O4S2/c1-12-11-26-18(19-12)20-17(22)14-7-8-15(25-3)16(10-14)27(23,24)21-9-5-4-6-13(21)2/h7-8,10-11,13H,4-6,9H2,1-3H3,(H,19,20,22). The molecule has 27 heavy (non-hydrogen) atoms. The van der Waals surface area contributed by atoms with Crippen molar-refractivity contribution in [2.24, 2.45) is 0 Å². The lowest BCUT2D eigenvalue weighted by molar-refractivity contribution is 0.102. The number of thiazole rings is 1. The maximum atomic E-state index is 13.2. The molecule has 1 N–H and O–H groups in total. The van der Waals surface area contributed by atoms with Gasteiger partial charge < -0.3 is 4.74 Å². The number of rotatable bonds is 5. The summed E-state index contributed by atoms with van der Waals surface area (Å²) >= 11 is 1.32. The van der Waals surface area contributed by atoms with E-state index in [0.717, 1.165) is 25.0 Å². The number of carbonyl (C=O) groups excluding carboxylic acids is 1. The molecular formula is C18H23N3O4S2. The lowest BCUT2D eigenvalue weighted by Crippen LogP contribution is -2.42. The normalized spacial score (nSPS) is 18.3. The van der Waals surface area contributed by atoms with Gasteiger partial charge in [-0.3, -0.25) is 10.1 Å². The first-order valence-corrected chi connectivity index (χ1v) is 11.1. The van der Waals surface area contributed by atoms with Gasteiger partial charge in [0.15, 0.2) is 5.13 Å². The quantitative estimate of drug-likeness (QED) is 0.819. The molecule has 3 rings (SSSR count). The van der Waals surface area contributed by atoms with Crippen molar-refractivity contribution < 1.29 is 17.9 Å². The molecule has 146 valence electrons. The topological polar surface area (TPSA) is 88.6 Å². The molecule has 9 heteroatoms. The second-order valence-corrected chi connectivity index (χ2v) is 9.29. The molecular weight excluding hydrogens is 386 g/mol. The van der Waals surface area contributed by atoms with Crippen LogP contribution < -0.4 is 10.1 Å². The van der Waals surface area contributed by atoms with Crippen molar-refractivity contribution >= 4 is 32.4 Å². The number of ether oxygens (including phenoxy) is 1. The van der Waals surface area contributed by atoms with Gasteiger partial charge in [0.1, 0.15) is 10.6 Å². The Bertz CT molecular complexity index is 940. The summed E-state index contributed by atoms with van der Waals surface area (Å²) in [5, 5.41) is 5.01. The molecule has 1 unspecified atom stereocenters. The molecule has 1 fully saturated rings. The average molecular weight is 410 g/mol. The molecule has 0 bridgehead atoms. The Labute approximate surface area is 163 Å². The minimum Gasteiger partial charge on any atom is -0.495 e. The van der Waals surface area contributed by atoms with Gasteiger partial charge in [-0.15, -0.1) is 11.3 Å². The summed E-state index contributed by atoms with van der Waals surface area (Å²) in [6.07, 6.45) is 2.67. The highest BCUT2D eigenvalue weighted by Crippen LogP contribution is 2.32. The van der Waals surface area contributed by atoms with Crippen LogP contribution in [0.4, 0.5) is 5.13 Å². The van der Waals surface area contributed by atoms with E-state index in [0.29, 0.717) is 11.7 Å². The van der Waals surface area contributed by atoms with Crippen LogP contribution in [0.5, 0.6) is 5.75 Å². The van der Waals surface area contributed by atoms with Gasteiger partial charge in [-0.05, 0) is 44.9 Å². The highest BCUT2D eigenvalue weighted by Gasteiger charge is 2.33. The maximum absolute atomic E-state index is 13.2. The Balaban J connectivity index is 1.94. The number of hydrogen-bond donors (Lipinski definition) is 1. The van der Waals surface area contributed by atoms with Crippen molar-refractivity contribution in [3.63, 3.8) is 0 Å². The fourth-order valence-corrected chi connectivity index (χ4v) is 5.72. The summed E-state index contributed by atoms with van der Waals surface area (Å²) in [5.74, 6) is -0.176. The lowest BCUT2D eigenvalue weighted by atomic mass is 10.1. The number of nitrogens with one attached hydrogen (secondary N) is 1. The number of nitrogens with zero attached hydrogens (tertiary/aromatic N) is 2. The van der Waals surface area contributed by atoms with Crippen LogP contribution in [0.25, 0.3) is 0 Å². The van der Waals surface area contributed by atoms with Crippen LogP contribution in [0.2, 0.25) is 0 Å². The summed E-state index contributed by atoms with van der Waals surface area (Å²) in [5.41, 5.74) is 1.05. The first kappa shape index (κ1) is 19.8. The smallest absolute Gasteiger partial charge is 0.257 e. The molecule has 1 atom stereocenters. The Morgan fingerprint density at radius 2 is 2.15 bits per heavy atom. The Hall–Kier alpha value is -1.97. The maximum Gasteiger partial charge on any atom is 0.257 e. The fraction of sp³-hybridized carbons (Fsp3) is 0.444. The van der Waals surface area contributed by atoms with Crippen molar-refractivity contribution in [2.75, 3.05) is 19.0 Å². The summed E-state index contributed by atoms with van der Waals surface area (Å²) in [6.45, 7) is 4.22. The van der Waals surface area contributed by atoms with Crippen LogP contribution in [-0.4, -0.2) is 43.3 Å². The van der Waals surface area contributed by atoms with Crippen LogP contribution in [0, 0.1) is 6.92 Å². The second kappa shape index (κ2) is 7.95. The number of aryl methyl sites for hydroxylation is 1. The predicted octanol–water partition coefficient (Wildman–Crippen LogP) is 3.28. The summed E-state index contributed by atoms with van der Waals surface area (Å²) in [4.78, 5) is 16.8. The van der Waals surface area contributed by atoms with E-state index in [2.05, 4.69) is 10.3 Å². The van der Waals surface area contributed by atoms with Crippen molar-refractivity contribution in [3.8, 4) is 5.75 Å². The molecule has 0 radical (unpaired) electrons. The summed E-state index contributed by atoms with van der Waals surface area (Å²) < 4.78 is 33.2. The van der Waals surface area contributed by atoms with E-state index in [1.54, 1.807) is 6.07 Å². The van der Waals surface area contributed by atoms with Crippen molar-refractivity contribution in [3.05, 3.63) is 34.8 Å². The van der Waals surface area contributed by atoms with Gasteiger partial charge in [0.2, 0.25) is 10.0 Å². The highest BCUT2D eigenvalue weighted by molar-refractivity contribution is 7.89. The molecule has 1 aliphatic rings. The van der Waals surface area contributed by atoms with Crippen LogP contribution in [0.1, 0.15) is 42.2 Å². The largest absolute Gasteiger partial charge is 0.495 e. The van der Waals surface area contributed by atoms with E-state index in [-0.39, 0.29) is 22.3 Å². The fourth-order valence-electron chi connectivity index (χ4n) is 3.16. The molecule has 0 aliphatic carbocycles. The number of sulfonamides is 1. The van der Waals surface area contributed by atoms with Gasteiger partial charge in [-0.1, -0.05) is 6.42 Å². The molecule has 2 heterocycles. The van der Waals surface area contributed by atoms with Crippen LogP contribution >= 0.6 is 11.3 Å². The number of carbonyl (C=O) groups is 1. The zero-order valence-corrected chi connectivity index (χ0v) is 17.2. The number of hydrogen-bond acceptors (Lipinski definition) is 6. The summed E-state index contributed by atoms with van der Waals surface area (Å²) in [7, 11) is -2.34. The van der Waals surface area contributed by atoms with Crippen molar-refractivity contribution in [2.45, 2.75) is 44.0 Å². The van der Waals surface area contributed by atoms with E-state index in [9.17, 15) is 13.2 Å². The highest BCUT2D eigenvalue weighted by atomic mass is 32.2. The van der Waals surface area contributed by atoms with Gasteiger partial charge in [-0.25, -0.2) is 13.4 Å². The Morgan fingerprint density at radius 3 is 2.78 bits per heavy atom. The van der Waals surface area contributed by atoms with E-state index in [1.165, 1.54) is 34.9 Å². The summed E-state index contributed by atoms with van der Waals surface area (Å²) in [6, 6.07) is 4.37. The molecule has 1 aromatic carbocycles. The SMILES string of the molecule is COc1ccc(C(=O)Nc2nc(C)cs2)cc1S(=O)(=O)N1CCCCC1C. The number of methoxy groups -OCH3 is 1. The van der Waals surface area contributed by atoms with Gasteiger partial charge in [-0.2, -0.15) is 4.31 Å². The zero-order valence-electron chi connectivity index (χ0n) is 15.6. The van der Waals surface area contributed by atoms with Crippen molar-refractivity contribution in [1.82, 2.24) is 9.29 Å². The second-order valence-electron chi connectivity index (χ2n) is 6.57. The minimum atomic E-state index is -3.76. The minimum absolute atomic E-state index is 0.0155. The lowest BCUT2D eigenvalue weighted by Gasteiger charge is -2.32. The number of piperidine rings is 1. The number of anilines is 1. The first-order chi connectivity index (χ1) is 12.8. The molecule has 7 nitrogen and oxygen atoms in total. The van der Waals surface area contributed by atoms with Crippen LogP contribution in [0.3, 0.4) is 0 Å². The molecule has 1 aliphatic heterocycles. The molecule has 1 saturated heterocycles. The predicted molar refractivity (Wildman–Crippen MR) is 105 cm³/mol. The molecule has 2 aromatic rings. The molecule has 1 amide bonds. The Morgan fingerprint density at radius 1 is 1.37 bits per heavy atom. The van der Waals surface area contributed by atoms with E-state index in [1.807, 2.05) is 19.2 Å². The Kier molecular flexibility index (Phi) is 5.83. The van der Waals surface area contributed by atoms with Gasteiger partial charge >= 0.3 is 0 Å². The van der Waals surface area contributed by atoms with Crippen LogP contribution in [-0.2, 0) is 10.0 Å². The molecule has 1 aromatic heterocycles. The third kappa shape index (κ3) is 4.15. The molecule has 0 spiro atoms. The third-order valence-electron chi connectivity index (χ3n) is 4.59. The monoisotopic (exact) mass is 409 g/mol. The number of aromatic nitrogens is 1. The van der Waals surface area contributed by atoms with Gasteiger partial charge in [0.05, 0.1) is 12.8 Å². The number of amides is 1. The zero-order chi connectivity index (χ0) is 19.6. The average Bonchev–Trinajstić information content (AvgIpc) is 3.06. The first-order valence-electron chi connectivity index (χ1n) is 8.76.